The van der Waals surface area contributed by atoms with Crippen LogP contribution in [0.5, 0.6) is 23.0 Å². The van der Waals surface area contributed by atoms with Crippen LogP contribution in [0.25, 0.3) is 0 Å². The molecule has 5 nitrogen and oxygen atoms in total. The van der Waals surface area contributed by atoms with Gasteiger partial charge in [-0.25, -0.2) is 0 Å². The van der Waals surface area contributed by atoms with Crippen LogP contribution in [-0.4, -0.2) is 30.7 Å². The molecule has 5 heteroatoms. The summed E-state index contributed by atoms with van der Waals surface area (Å²) in [6.45, 7) is 0. The molecule has 0 saturated carbocycles. The van der Waals surface area contributed by atoms with Crippen molar-refractivity contribution in [2.75, 3.05) is 14.2 Å². The van der Waals surface area contributed by atoms with Crippen molar-refractivity contribution in [1.82, 2.24) is 0 Å². The maximum absolute atomic E-state index is 10.6. The van der Waals surface area contributed by atoms with E-state index in [1.54, 1.807) is 0 Å². The van der Waals surface area contributed by atoms with Crippen molar-refractivity contribution in [2.24, 2.45) is 0 Å². The van der Waals surface area contributed by atoms with Gasteiger partial charge in [-0.1, -0.05) is 0 Å². The molecule has 0 spiro atoms. The molecule has 0 fully saturated rings. The van der Waals surface area contributed by atoms with Crippen molar-refractivity contribution >= 4 is 6.29 Å². The second-order valence-electron chi connectivity index (χ2n) is 2.52. The number of rotatable bonds is 3. The number of phenols is 2. The predicted octanol–water partition coefficient (Wildman–Crippen LogP) is 0.927. The Labute approximate surface area is 80.5 Å². The van der Waals surface area contributed by atoms with Crippen molar-refractivity contribution < 1.29 is 24.5 Å². The number of hydrogen-bond donors (Lipinski definition) is 2. The molecule has 0 heterocycles. The van der Waals surface area contributed by atoms with E-state index in [4.69, 9.17) is 9.47 Å². The highest BCUT2D eigenvalue weighted by molar-refractivity contribution is 5.84. The summed E-state index contributed by atoms with van der Waals surface area (Å²) >= 11 is 0. The van der Waals surface area contributed by atoms with E-state index >= 15 is 0 Å². The van der Waals surface area contributed by atoms with Gasteiger partial charge in [0.15, 0.2) is 17.8 Å². The van der Waals surface area contributed by atoms with E-state index in [9.17, 15) is 15.0 Å². The minimum Gasteiger partial charge on any atom is -0.504 e. The highest BCUT2D eigenvalue weighted by Crippen LogP contribution is 2.44. The van der Waals surface area contributed by atoms with E-state index < -0.39 is 11.5 Å². The number of aromatic hydroxyl groups is 2. The Morgan fingerprint density at radius 1 is 1.21 bits per heavy atom. The molecule has 1 rings (SSSR count). The van der Waals surface area contributed by atoms with Crippen LogP contribution in [0.3, 0.4) is 0 Å². The molecule has 14 heavy (non-hydrogen) atoms. The first-order valence-corrected chi connectivity index (χ1v) is 3.77. The fourth-order valence-corrected chi connectivity index (χ4v) is 1.12. The topological polar surface area (TPSA) is 76.0 Å². The number of hydrogen-bond acceptors (Lipinski definition) is 5. The normalized spacial score (nSPS) is 9.57. The van der Waals surface area contributed by atoms with E-state index in [1.165, 1.54) is 14.2 Å². The van der Waals surface area contributed by atoms with Gasteiger partial charge in [-0.2, -0.15) is 0 Å². The first kappa shape index (κ1) is 10.2. The minimum atomic E-state index is -0.449. The largest absolute Gasteiger partial charge is 0.504 e. The third-order valence-corrected chi connectivity index (χ3v) is 1.75. The van der Waals surface area contributed by atoms with Crippen molar-refractivity contribution in [3.8, 4) is 23.0 Å². The summed E-state index contributed by atoms with van der Waals surface area (Å²) in [5.41, 5.74) is 0.111. The van der Waals surface area contributed by atoms with Crippen LogP contribution in [0.4, 0.5) is 0 Å². The molecule has 1 aromatic rings. The van der Waals surface area contributed by atoms with Gasteiger partial charge in [0, 0.05) is 0 Å². The monoisotopic (exact) mass is 198 g/mol. The molecular formula is C9H10O5. The average molecular weight is 198 g/mol. The van der Waals surface area contributed by atoms with Gasteiger partial charge in [-0.3, -0.25) is 4.79 Å². The zero-order valence-corrected chi connectivity index (χ0v) is 7.77. The van der Waals surface area contributed by atoms with Crippen LogP contribution in [0.1, 0.15) is 10.4 Å². The number of carbonyl (C=O) groups excluding carboxylic acids is 1. The maximum atomic E-state index is 10.6. The minimum absolute atomic E-state index is 0.0606. The van der Waals surface area contributed by atoms with Gasteiger partial charge in [0.05, 0.1) is 19.8 Å². The molecule has 0 aliphatic rings. The molecule has 0 unspecified atom stereocenters. The van der Waals surface area contributed by atoms with Crippen LogP contribution in [0, 0.1) is 0 Å². The van der Waals surface area contributed by atoms with Crippen LogP contribution in [0.15, 0.2) is 6.07 Å². The first-order valence-electron chi connectivity index (χ1n) is 3.77. The fraction of sp³-hybridized carbons (Fsp3) is 0.222. The lowest BCUT2D eigenvalue weighted by Crippen LogP contribution is -1.95. The number of carbonyl (C=O) groups is 1. The van der Waals surface area contributed by atoms with E-state index in [-0.39, 0.29) is 17.1 Å². The standard InChI is InChI=1S/C9H10O5/c1-13-8-5(4-10)3-6(11)7(12)9(8)14-2/h3-4,11-12H,1-2H3. The van der Waals surface area contributed by atoms with Crippen molar-refractivity contribution in [3.05, 3.63) is 11.6 Å². The molecule has 0 bridgehead atoms. The average Bonchev–Trinajstić information content (AvgIpc) is 2.20. The first-order chi connectivity index (χ1) is 6.65. The summed E-state index contributed by atoms with van der Waals surface area (Å²) in [5, 5.41) is 18.6. The van der Waals surface area contributed by atoms with Gasteiger partial charge in [0.1, 0.15) is 0 Å². The van der Waals surface area contributed by atoms with Gasteiger partial charge >= 0.3 is 0 Å². The lowest BCUT2D eigenvalue weighted by molar-refractivity contribution is 0.111. The Hall–Kier alpha value is -1.91. The summed E-state index contributed by atoms with van der Waals surface area (Å²) in [5.74, 6) is -0.841. The molecule has 0 saturated heterocycles. The van der Waals surface area contributed by atoms with Gasteiger partial charge in [0.25, 0.3) is 0 Å². The van der Waals surface area contributed by atoms with Gasteiger partial charge in [-0.05, 0) is 6.07 Å². The number of phenolic OH excluding ortho intramolecular Hbond substituents is 2. The Morgan fingerprint density at radius 3 is 2.21 bits per heavy atom. The number of benzene rings is 1. The van der Waals surface area contributed by atoms with Crippen LogP contribution >= 0.6 is 0 Å². The third-order valence-electron chi connectivity index (χ3n) is 1.75. The van der Waals surface area contributed by atoms with Crippen molar-refractivity contribution in [1.29, 1.82) is 0 Å². The molecule has 76 valence electrons. The van der Waals surface area contributed by atoms with Crippen LogP contribution < -0.4 is 9.47 Å². The van der Waals surface area contributed by atoms with Gasteiger partial charge < -0.3 is 19.7 Å². The molecule has 0 aliphatic carbocycles. The van der Waals surface area contributed by atoms with E-state index in [2.05, 4.69) is 0 Å². The quantitative estimate of drug-likeness (QED) is 0.558. The molecule has 0 amide bonds. The maximum Gasteiger partial charge on any atom is 0.207 e. The second kappa shape index (κ2) is 3.87. The highest BCUT2D eigenvalue weighted by Gasteiger charge is 2.18. The fourth-order valence-electron chi connectivity index (χ4n) is 1.12. The van der Waals surface area contributed by atoms with E-state index in [1.807, 2.05) is 0 Å². The Balaban J connectivity index is 3.49. The smallest absolute Gasteiger partial charge is 0.207 e. The molecule has 1 aromatic carbocycles. The lowest BCUT2D eigenvalue weighted by atomic mass is 10.1. The summed E-state index contributed by atoms with van der Waals surface area (Å²) in [7, 11) is 2.63. The van der Waals surface area contributed by atoms with Crippen molar-refractivity contribution in [2.45, 2.75) is 0 Å². The Kier molecular flexibility index (Phi) is 2.81. The molecule has 0 aromatic heterocycles. The third kappa shape index (κ3) is 1.44. The SMILES string of the molecule is COc1c(C=O)cc(O)c(O)c1OC. The Bertz CT molecular complexity index is 359. The van der Waals surface area contributed by atoms with E-state index in [0.29, 0.717) is 6.29 Å². The van der Waals surface area contributed by atoms with Gasteiger partial charge in [-0.15, -0.1) is 0 Å². The van der Waals surface area contributed by atoms with Crippen molar-refractivity contribution in [3.63, 3.8) is 0 Å². The Morgan fingerprint density at radius 2 is 1.79 bits per heavy atom. The number of ether oxygens (including phenoxy) is 2. The molecule has 0 aliphatic heterocycles. The summed E-state index contributed by atoms with van der Waals surface area (Å²) in [4.78, 5) is 10.6. The van der Waals surface area contributed by atoms with E-state index in [0.717, 1.165) is 6.07 Å². The van der Waals surface area contributed by atoms with Crippen LogP contribution in [0.2, 0.25) is 0 Å². The predicted molar refractivity (Wildman–Crippen MR) is 48.3 cm³/mol. The summed E-state index contributed by atoms with van der Waals surface area (Å²) in [6.07, 6.45) is 0.501. The highest BCUT2D eigenvalue weighted by atomic mass is 16.5. The number of aldehydes is 1. The zero-order valence-electron chi connectivity index (χ0n) is 7.77. The molecule has 2 N–H and O–H groups in total. The molecule has 0 atom stereocenters. The summed E-state index contributed by atoms with van der Waals surface area (Å²) < 4.78 is 9.66. The second-order valence-corrected chi connectivity index (χ2v) is 2.52. The molecular weight excluding hydrogens is 188 g/mol. The molecule has 0 radical (unpaired) electrons. The van der Waals surface area contributed by atoms with Gasteiger partial charge in [0.2, 0.25) is 11.5 Å². The lowest BCUT2D eigenvalue weighted by Gasteiger charge is -2.11. The van der Waals surface area contributed by atoms with Crippen LogP contribution in [-0.2, 0) is 0 Å². The zero-order chi connectivity index (χ0) is 10.7. The number of methoxy groups -OCH3 is 2. The summed E-state index contributed by atoms with van der Waals surface area (Å²) in [6, 6.07) is 1.10.